The first-order chi connectivity index (χ1) is 5.56. The van der Waals surface area contributed by atoms with Crippen molar-refractivity contribution < 1.29 is 9.53 Å². The third-order valence-corrected chi connectivity index (χ3v) is 2.20. The van der Waals surface area contributed by atoms with Gasteiger partial charge in [-0.2, -0.15) is 0 Å². The molecule has 0 aromatic heterocycles. The summed E-state index contributed by atoms with van der Waals surface area (Å²) in [5.41, 5.74) is 10.5. The van der Waals surface area contributed by atoms with Gasteiger partial charge in [0, 0.05) is 18.6 Å². The lowest BCUT2D eigenvalue weighted by Crippen LogP contribution is -2.57. The van der Waals surface area contributed by atoms with E-state index in [1.54, 1.807) is 0 Å². The second-order valence-electron chi connectivity index (χ2n) is 3.49. The van der Waals surface area contributed by atoms with Crippen LogP contribution >= 0.6 is 0 Å². The predicted molar refractivity (Wildman–Crippen MR) is 45.4 cm³/mol. The van der Waals surface area contributed by atoms with Crippen LogP contribution in [0.1, 0.15) is 26.2 Å². The molecule has 1 amide bonds. The zero-order valence-corrected chi connectivity index (χ0v) is 7.38. The average Bonchev–Trinajstić information content (AvgIpc) is 1.82. The summed E-state index contributed by atoms with van der Waals surface area (Å²) in [4.78, 5) is 10.6. The third kappa shape index (κ3) is 2.19. The van der Waals surface area contributed by atoms with Gasteiger partial charge in [0.2, 0.25) is 5.91 Å². The summed E-state index contributed by atoms with van der Waals surface area (Å²) in [7, 11) is 0. The molecule has 12 heavy (non-hydrogen) atoms. The summed E-state index contributed by atoms with van der Waals surface area (Å²) < 4.78 is 5.32. The summed E-state index contributed by atoms with van der Waals surface area (Å²) in [6, 6.07) is 0. The normalized spacial score (nSPS) is 34.3. The molecule has 4 heteroatoms. The van der Waals surface area contributed by atoms with E-state index < -0.39 is 0 Å². The van der Waals surface area contributed by atoms with Gasteiger partial charge < -0.3 is 16.2 Å². The van der Waals surface area contributed by atoms with Gasteiger partial charge in [0.25, 0.3) is 0 Å². The quantitative estimate of drug-likeness (QED) is 0.614. The monoisotopic (exact) mass is 172 g/mol. The lowest BCUT2D eigenvalue weighted by Gasteiger charge is -2.43. The number of nitrogens with two attached hydrogens (primary N) is 2. The van der Waals surface area contributed by atoms with Gasteiger partial charge in [0.05, 0.1) is 6.10 Å². The van der Waals surface area contributed by atoms with E-state index in [2.05, 4.69) is 0 Å². The molecule has 4 N–H and O–H groups in total. The Balaban J connectivity index is 2.25. The fourth-order valence-corrected chi connectivity index (χ4v) is 1.69. The minimum Gasteiger partial charge on any atom is -0.378 e. The predicted octanol–water partition coefficient (Wildman–Crippen LogP) is -0.242. The molecule has 0 heterocycles. The van der Waals surface area contributed by atoms with E-state index in [4.69, 9.17) is 16.2 Å². The number of carbonyl (C=O) groups excluding carboxylic acids is 1. The highest BCUT2D eigenvalue weighted by molar-refractivity contribution is 5.75. The van der Waals surface area contributed by atoms with Crippen molar-refractivity contribution in [3.8, 4) is 0 Å². The molecule has 1 aliphatic carbocycles. The van der Waals surface area contributed by atoms with Crippen molar-refractivity contribution >= 4 is 5.91 Å². The summed E-state index contributed by atoms with van der Waals surface area (Å²) >= 11 is 0. The van der Waals surface area contributed by atoms with Crippen LogP contribution in [0.25, 0.3) is 0 Å². The minimum atomic E-state index is -0.383. The summed E-state index contributed by atoms with van der Waals surface area (Å²) in [5, 5.41) is 0. The largest absolute Gasteiger partial charge is 0.378 e. The van der Waals surface area contributed by atoms with Crippen LogP contribution in [0.5, 0.6) is 0 Å². The van der Waals surface area contributed by atoms with Crippen LogP contribution < -0.4 is 11.5 Å². The minimum absolute atomic E-state index is 0.236. The first kappa shape index (κ1) is 9.48. The van der Waals surface area contributed by atoms with Crippen molar-refractivity contribution in [2.45, 2.75) is 37.8 Å². The fraction of sp³-hybridized carbons (Fsp3) is 0.875. The van der Waals surface area contributed by atoms with Gasteiger partial charge in [0.15, 0.2) is 0 Å². The molecule has 0 aromatic carbocycles. The zero-order valence-electron chi connectivity index (χ0n) is 7.38. The molecule has 1 fully saturated rings. The SMILES string of the molecule is CCOC1CC(N)(CC(N)=O)C1. The number of carbonyl (C=O) groups is 1. The van der Waals surface area contributed by atoms with Crippen molar-refractivity contribution in [3.05, 3.63) is 0 Å². The zero-order chi connectivity index (χ0) is 9.19. The second kappa shape index (κ2) is 3.41. The topological polar surface area (TPSA) is 78.3 Å². The van der Waals surface area contributed by atoms with Crippen molar-refractivity contribution in [2.24, 2.45) is 11.5 Å². The highest BCUT2D eigenvalue weighted by Gasteiger charge is 2.42. The Hall–Kier alpha value is -0.610. The van der Waals surface area contributed by atoms with E-state index in [0.717, 1.165) is 12.8 Å². The molecule has 1 saturated carbocycles. The maximum atomic E-state index is 10.6. The van der Waals surface area contributed by atoms with E-state index in [1.165, 1.54) is 0 Å². The van der Waals surface area contributed by atoms with E-state index in [-0.39, 0.29) is 24.0 Å². The molecule has 70 valence electrons. The number of rotatable bonds is 4. The average molecular weight is 172 g/mol. The number of amides is 1. The number of ether oxygens (including phenoxy) is 1. The Kier molecular flexibility index (Phi) is 2.69. The van der Waals surface area contributed by atoms with Crippen LogP contribution in [0.2, 0.25) is 0 Å². The first-order valence-electron chi connectivity index (χ1n) is 4.24. The highest BCUT2D eigenvalue weighted by Crippen LogP contribution is 2.34. The lowest BCUT2D eigenvalue weighted by molar-refractivity contribution is -0.122. The molecule has 0 atom stereocenters. The van der Waals surface area contributed by atoms with Crippen molar-refractivity contribution in [1.29, 1.82) is 0 Å². The van der Waals surface area contributed by atoms with Gasteiger partial charge in [-0.15, -0.1) is 0 Å². The summed E-state index contributed by atoms with van der Waals surface area (Å²) in [6.07, 6.45) is 2.02. The summed E-state index contributed by atoms with van der Waals surface area (Å²) in [5.74, 6) is -0.326. The van der Waals surface area contributed by atoms with Crippen molar-refractivity contribution in [3.63, 3.8) is 0 Å². The third-order valence-electron chi connectivity index (χ3n) is 2.20. The molecule has 0 radical (unpaired) electrons. The van der Waals surface area contributed by atoms with Gasteiger partial charge in [-0.3, -0.25) is 4.79 Å². The number of primary amides is 1. The maximum absolute atomic E-state index is 10.6. The molecular formula is C8H16N2O2. The fourth-order valence-electron chi connectivity index (χ4n) is 1.69. The molecule has 0 bridgehead atoms. The molecule has 0 aromatic rings. The van der Waals surface area contributed by atoms with E-state index in [0.29, 0.717) is 6.61 Å². The van der Waals surface area contributed by atoms with E-state index in [1.807, 2.05) is 6.92 Å². The molecule has 0 unspecified atom stereocenters. The Bertz CT molecular complexity index is 176. The number of hydrogen-bond donors (Lipinski definition) is 2. The van der Waals surface area contributed by atoms with Crippen molar-refractivity contribution in [1.82, 2.24) is 0 Å². The first-order valence-corrected chi connectivity index (χ1v) is 4.24. The molecule has 0 saturated heterocycles. The number of hydrogen-bond acceptors (Lipinski definition) is 3. The van der Waals surface area contributed by atoms with Crippen LogP contribution in [0.15, 0.2) is 0 Å². The van der Waals surface area contributed by atoms with Gasteiger partial charge in [0.1, 0.15) is 0 Å². The smallest absolute Gasteiger partial charge is 0.219 e. The Morgan fingerprint density at radius 2 is 2.25 bits per heavy atom. The Labute approximate surface area is 72.2 Å². The van der Waals surface area contributed by atoms with Gasteiger partial charge in [-0.25, -0.2) is 0 Å². The van der Waals surface area contributed by atoms with Gasteiger partial charge in [-0.1, -0.05) is 0 Å². The van der Waals surface area contributed by atoms with Gasteiger partial charge in [-0.05, 0) is 19.8 Å². The van der Waals surface area contributed by atoms with Crippen LogP contribution in [0.4, 0.5) is 0 Å². The standard InChI is InChI=1S/C8H16N2O2/c1-2-12-6-3-8(10,4-6)5-7(9)11/h6H,2-5,10H2,1H3,(H2,9,11). The molecule has 0 spiro atoms. The van der Waals surface area contributed by atoms with Crippen molar-refractivity contribution in [2.75, 3.05) is 6.61 Å². The Morgan fingerprint density at radius 1 is 1.67 bits per heavy atom. The highest BCUT2D eigenvalue weighted by atomic mass is 16.5. The molecule has 1 aliphatic rings. The molecule has 0 aliphatic heterocycles. The Morgan fingerprint density at radius 3 is 2.67 bits per heavy atom. The second-order valence-corrected chi connectivity index (χ2v) is 3.49. The molecular weight excluding hydrogens is 156 g/mol. The van der Waals surface area contributed by atoms with Crippen LogP contribution in [0, 0.1) is 0 Å². The lowest BCUT2D eigenvalue weighted by atomic mass is 9.73. The van der Waals surface area contributed by atoms with E-state index in [9.17, 15) is 4.79 Å². The molecule has 1 rings (SSSR count). The molecule has 4 nitrogen and oxygen atoms in total. The van der Waals surface area contributed by atoms with Gasteiger partial charge >= 0.3 is 0 Å². The summed E-state index contributed by atoms with van der Waals surface area (Å²) in [6.45, 7) is 2.65. The van der Waals surface area contributed by atoms with Crippen LogP contribution in [-0.4, -0.2) is 24.2 Å². The maximum Gasteiger partial charge on any atom is 0.219 e. The van der Waals surface area contributed by atoms with Crippen LogP contribution in [0.3, 0.4) is 0 Å². The van der Waals surface area contributed by atoms with E-state index >= 15 is 0 Å². The van der Waals surface area contributed by atoms with Crippen LogP contribution in [-0.2, 0) is 9.53 Å².